The lowest BCUT2D eigenvalue weighted by Gasteiger charge is -2.19. The lowest BCUT2D eigenvalue weighted by Crippen LogP contribution is -2.27. The van der Waals surface area contributed by atoms with E-state index in [1.807, 2.05) is 23.9 Å². The molecule has 0 saturated heterocycles. The maximum Gasteiger partial charge on any atom is 0.0843 e. The lowest BCUT2D eigenvalue weighted by atomic mass is 10.2. The van der Waals surface area contributed by atoms with E-state index in [9.17, 15) is 0 Å². The monoisotopic (exact) mass is 247 g/mol. The standard InChI is InChI=1S/C14H21N3O/c1-3-8-17(9-10-18)11-13-12-6-4-5-7-14(12)16(2)15-13/h4-7,18H,3,8-11H2,1-2H3. The van der Waals surface area contributed by atoms with Gasteiger partial charge in [-0.1, -0.05) is 25.1 Å². The van der Waals surface area contributed by atoms with Gasteiger partial charge in [-0.15, -0.1) is 0 Å². The maximum absolute atomic E-state index is 9.09. The van der Waals surface area contributed by atoms with Gasteiger partial charge in [0.05, 0.1) is 17.8 Å². The van der Waals surface area contributed by atoms with E-state index < -0.39 is 0 Å². The summed E-state index contributed by atoms with van der Waals surface area (Å²) in [7, 11) is 1.97. The summed E-state index contributed by atoms with van der Waals surface area (Å²) in [5, 5.41) is 14.9. The summed E-state index contributed by atoms with van der Waals surface area (Å²) in [6, 6.07) is 8.28. The fraction of sp³-hybridized carbons (Fsp3) is 0.500. The van der Waals surface area contributed by atoms with Crippen LogP contribution in [0.15, 0.2) is 24.3 Å². The SMILES string of the molecule is CCCN(CCO)Cc1nn(C)c2ccccc12. The molecule has 2 aromatic rings. The molecule has 4 heteroatoms. The van der Waals surface area contributed by atoms with Gasteiger partial charge in [0.2, 0.25) is 0 Å². The summed E-state index contributed by atoms with van der Waals surface area (Å²) in [4.78, 5) is 2.24. The van der Waals surface area contributed by atoms with Crippen LogP contribution in [0.1, 0.15) is 19.0 Å². The van der Waals surface area contributed by atoms with Crippen molar-refractivity contribution in [3.63, 3.8) is 0 Å². The first kappa shape index (κ1) is 13.1. The van der Waals surface area contributed by atoms with E-state index in [1.165, 1.54) is 5.39 Å². The number of rotatable bonds is 6. The number of fused-ring (bicyclic) bond motifs is 1. The van der Waals surface area contributed by atoms with Crippen LogP contribution >= 0.6 is 0 Å². The van der Waals surface area contributed by atoms with Crippen molar-refractivity contribution in [1.82, 2.24) is 14.7 Å². The van der Waals surface area contributed by atoms with Gasteiger partial charge in [-0.2, -0.15) is 5.10 Å². The van der Waals surface area contributed by atoms with Gasteiger partial charge in [-0.05, 0) is 19.0 Å². The molecule has 0 bridgehead atoms. The number of hydrogen-bond donors (Lipinski definition) is 1. The fourth-order valence-corrected chi connectivity index (χ4v) is 2.34. The van der Waals surface area contributed by atoms with Crippen molar-refractivity contribution >= 4 is 10.9 Å². The highest BCUT2D eigenvalue weighted by Gasteiger charge is 2.11. The number of nitrogens with zero attached hydrogens (tertiary/aromatic N) is 3. The quantitative estimate of drug-likeness (QED) is 0.846. The topological polar surface area (TPSA) is 41.3 Å². The third-order valence-electron chi connectivity index (χ3n) is 3.16. The van der Waals surface area contributed by atoms with Crippen LogP contribution in [0.4, 0.5) is 0 Å². The van der Waals surface area contributed by atoms with Crippen LogP contribution in [0.25, 0.3) is 10.9 Å². The highest BCUT2D eigenvalue weighted by Crippen LogP contribution is 2.18. The van der Waals surface area contributed by atoms with E-state index in [2.05, 4.69) is 29.1 Å². The second kappa shape index (κ2) is 5.98. The molecule has 18 heavy (non-hydrogen) atoms. The highest BCUT2D eigenvalue weighted by molar-refractivity contribution is 5.81. The van der Waals surface area contributed by atoms with E-state index in [0.29, 0.717) is 6.54 Å². The van der Waals surface area contributed by atoms with Gasteiger partial charge in [0.15, 0.2) is 0 Å². The van der Waals surface area contributed by atoms with Gasteiger partial charge in [0.25, 0.3) is 0 Å². The third kappa shape index (κ3) is 2.71. The second-order valence-electron chi connectivity index (χ2n) is 4.59. The minimum Gasteiger partial charge on any atom is -0.395 e. The van der Waals surface area contributed by atoms with Crippen LogP contribution in [0, 0.1) is 0 Å². The number of aromatic nitrogens is 2. The largest absolute Gasteiger partial charge is 0.395 e. The molecular formula is C14H21N3O. The van der Waals surface area contributed by atoms with Crippen molar-refractivity contribution in [3.8, 4) is 0 Å². The minimum atomic E-state index is 0.199. The van der Waals surface area contributed by atoms with Crippen molar-refractivity contribution in [3.05, 3.63) is 30.0 Å². The van der Waals surface area contributed by atoms with Gasteiger partial charge < -0.3 is 5.11 Å². The lowest BCUT2D eigenvalue weighted by molar-refractivity contribution is 0.189. The first-order chi connectivity index (χ1) is 8.76. The molecule has 1 heterocycles. The zero-order chi connectivity index (χ0) is 13.0. The molecule has 0 spiro atoms. The maximum atomic E-state index is 9.09. The van der Waals surface area contributed by atoms with Crippen LogP contribution in [-0.4, -0.2) is 39.5 Å². The van der Waals surface area contributed by atoms with Crippen LogP contribution < -0.4 is 0 Å². The van der Waals surface area contributed by atoms with Crippen LogP contribution in [0.2, 0.25) is 0 Å². The van der Waals surface area contributed by atoms with Gasteiger partial charge in [-0.25, -0.2) is 0 Å². The molecule has 0 saturated carbocycles. The van der Waals surface area contributed by atoms with Crippen molar-refractivity contribution in [2.75, 3.05) is 19.7 Å². The Balaban J connectivity index is 2.24. The Labute approximate surface area is 108 Å². The molecule has 0 aliphatic carbocycles. The smallest absolute Gasteiger partial charge is 0.0843 e. The second-order valence-corrected chi connectivity index (χ2v) is 4.59. The van der Waals surface area contributed by atoms with Gasteiger partial charge in [-0.3, -0.25) is 9.58 Å². The molecule has 0 unspecified atom stereocenters. The summed E-state index contributed by atoms with van der Waals surface area (Å²) < 4.78 is 1.92. The molecule has 0 atom stereocenters. The van der Waals surface area contributed by atoms with Gasteiger partial charge in [0, 0.05) is 25.5 Å². The Morgan fingerprint density at radius 2 is 2.06 bits per heavy atom. The van der Waals surface area contributed by atoms with E-state index in [1.54, 1.807) is 0 Å². The zero-order valence-corrected chi connectivity index (χ0v) is 11.1. The first-order valence-corrected chi connectivity index (χ1v) is 6.50. The Hall–Kier alpha value is -1.39. The van der Waals surface area contributed by atoms with Crippen LogP contribution in [0.3, 0.4) is 0 Å². The number of hydrogen-bond acceptors (Lipinski definition) is 3. The Morgan fingerprint density at radius 1 is 1.28 bits per heavy atom. The van der Waals surface area contributed by atoms with Crippen molar-refractivity contribution in [2.45, 2.75) is 19.9 Å². The van der Waals surface area contributed by atoms with Crippen molar-refractivity contribution in [2.24, 2.45) is 7.05 Å². The molecule has 0 fully saturated rings. The number of aliphatic hydroxyl groups excluding tert-OH is 1. The molecular weight excluding hydrogens is 226 g/mol. The normalized spacial score (nSPS) is 11.6. The predicted octanol–water partition coefficient (Wildman–Crippen LogP) is 1.78. The number of para-hydroxylation sites is 1. The summed E-state index contributed by atoms with van der Waals surface area (Å²) in [5.41, 5.74) is 2.25. The molecule has 4 nitrogen and oxygen atoms in total. The minimum absolute atomic E-state index is 0.199. The molecule has 0 amide bonds. The van der Waals surface area contributed by atoms with Crippen LogP contribution in [0.5, 0.6) is 0 Å². The summed E-state index contributed by atoms with van der Waals surface area (Å²) >= 11 is 0. The average molecular weight is 247 g/mol. The Kier molecular flexibility index (Phi) is 4.33. The fourth-order valence-electron chi connectivity index (χ4n) is 2.34. The highest BCUT2D eigenvalue weighted by atomic mass is 16.3. The number of aryl methyl sites for hydroxylation is 1. The van der Waals surface area contributed by atoms with E-state index >= 15 is 0 Å². The zero-order valence-electron chi connectivity index (χ0n) is 11.1. The van der Waals surface area contributed by atoms with Crippen LogP contribution in [-0.2, 0) is 13.6 Å². The van der Waals surface area contributed by atoms with Gasteiger partial charge in [0.1, 0.15) is 0 Å². The average Bonchev–Trinajstić information content (AvgIpc) is 2.68. The number of aliphatic hydroxyl groups is 1. The van der Waals surface area contributed by atoms with E-state index in [4.69, 9.17) is 5.11 Å². The summed E-state index contributed by atoms with van der Waals surface area (Å²) in [6.45, 7) is 4.85. The Bertz CT molecular complexity index is 501. The first-order valence-electron chi connectivity index (χ1n) is 6.50. The molecule has 0 radical (unpaired) electrons. The van der Waals surface area contributed by atoms with Crippen molar-refractivity contribution < 1.29 is 5.11 Å². The van der Waals surface area contributed by atoms with Crippen molar-refractivity contribution in [1.29, 1.82) is 0 Å². The van der Waals surface area contributed by atoms with Gasteiger partial charge >= 0.3 is 0 Å². The molecule has 98 valence electrons. The summed E-state index contributed by atoms with van der Waals surface area (Å²) in [5.74, 6) is 0. The molecule has 0 aliphatic rings. The molecule has 1 aromatic heterocycles. The number of benzene rings is 1. The summed E-state index contributed by atoms with van der Waals surface area (Å²) in [6.07, 6.45) is 1.09. The molecule has 1 N–H and O–H groups in total. The molecule has 0 aliphatic heterocycles. The Morgan fingerprint density at radius 3 is 2.78 bits per heavy atom. The van der Waals surface area contributed by atoms with E-state index in [-0.39, 0.29) is 6.61 Å². The molecule has 1 aromatic carbocycles. The molecule has 2 rings (SSSR count). The predicted molar refractivity (Wildman–Crippen MR) is 73.4 cm³/mol. The third-order valence-corrected chi connectivity index (χ3v) is 3.16. The van der Waals surface area contributed by atoms with E-state index in [0.717, 1.165) is 30.7 Å².